The van der Waals surface area contributed by atoms with Crippen LogP contribution < -0.4 is 10.7 Å². The summed E-state index contributed by atoms with van der Waals surface area (Å²) in [5, 5.41) is 3.55. The van der Waals surface area contributed by atoms with Crippen LogP contribution in [0.25, 0.3) is 11.0 Å². The summed E-state index contributed by atoms with van der Waals surface area (Å²) in [5.74, 6) is -4.17. The predicted molar refractivity (Wildman–Crippen MR) is 133 cm³/mol. The van der Waals surface area contributed by atoms with Gasteiger partial charge in [-0.2, -0.15) is 0 Å². The molecule has 8 heteroatoms. The van der Waals surface area contributed by atoms with E-state index < -0.39 is 29.6 Å². The molecule has 2 aromatic rings. The Kier molecular flexibility index (Phi) is 6.89. The van der Waals surface area contributed by atoms with Gasteiger partial charge in [-0.05, 0) is 51.7 Å². The number of nitrogens with one attached hydrogen (secondary N) is 1. The van der Waals surface area contributed by atoms with Gasteiger partial charge in [0.05, 0.1) is 36.4 Å². The van der Waals surface area contributed by atoms with Gasteiger partial charge in [0.2, 0.25) is 0 Å². The van der Waals surface area contributed by atoms with Crippen molar-refractivity contribution in [3.8, 4) is 0 Å². The van der Waals surface area contributed by atoms with E-state index in [2.05, 4.69) is 5.32 Å². The number of ketones is 1. The first-order valence-electron chi connectivity index (χ1n) is 12.1. The molecule has 1 aromatic heterocycles. The highest BCUT2D eigenvalue weighted by atomic mass is 16.5. The highest BCUT2D eigenvalue weighted by Crippen LogP contribution is 2.45. The van der Waals surface area contributed by atoms with Crippen LogP contribution in [0.15, 0.2) is 56.2 Å². The van der Waals surface area contributed by atoms with Crippen molar-refractivity contribution in [1.82, 2.24) is 5.32 Å². The van der Waals surface area contributed by atoms with Crippen LogP contribution in [0.1, 0.15) is 57.6 Å². The molecular formula is C28H31NO7. The largest absolute Gasteiger partial charge is 0.468 e. The quantitative estimate of drug-likeness (QED) is 0.490. The van der Waals surface area contributed by atoms with Crippen LogP contribution in [0.4, 0.5) is 0 Å². The Morgan fingerprint density at radius 3 is 2.61 bits per heavy atom. The maximum Gasteiger partial charge on any atom is 0.337 e. The van der Waals surface area contributed by atoms with E-state index in [9.17, 15) is 19.2 Å². The molecule has 0 saturated carbocycles. The van der Waals surface area contributed by atoms with Crippen LogP contribution >= 0.6 is 0 Å². The fourth-order valence-electron chi connectivity index (χ4n) is 5.05. The molecule has 4 atom stereocenters. The third-order valence-corrected chi connectivity index (χ3v) is 7.11. The topological polar surface area (TPSA) is 112 Å². The van der Waals surface area contributed by atoms with Gasteiger partial charge in [0.1, 0.15) is 11.5 Å². The molecule has 0 saturated heterocycles. The van der Waals surface area contributed by atoms with Crippen molar-refractivity contribution in [2.24, 2.45) is 11.8 Å². The number of carbonyl (C=O) groups is 3. The number of ether oxygens (including phenoxy) is 2. The van der Waals surface area contributed by atoms with Gasteiger partial charge >= 0.3 is 11.9 Å². The van der Waals surface area contributed by atoms with E-state index in [1.807, 2.05) is 19.9 Å². The van der Waals surface area contributed by atoms with Crippen molar-refractivity contribution in [2.75, 3.05) is 7.11 Å². The Morgan fingerprint density at radius 1 is 1.22 bits per heavy atom. The van der Waals surface area contributed by atoms with Gasteiger partial charge in [0.15, 0.2) is 11.2 Å². The van der Waals surface area contributed by atoms with Crippen LogP contribution in [0.5, 0.6) is 0 Å². The molecule has 0 radical (unpaired) electrons. The molecule has 1 aliphatic carbocycles. The molecule has 0 amide bonds. The highest BCUT2D eigenvalue weighted by molar-refractivity contribution is 6.12. The van der Waals surface area contributed by atoms with Crippen molar-refractivity contribution in [1.29, 1.82) is 0 Å². The normalized spacial score (nSPS) is 22.7. The average Bonchev–Trinajstić information content (AvgIpc) is 2.83. The number of benzene rings is 1. The highest BCUT2D eigenvalue weighted by Gasteiger charge is 2.48. The predicted octanol–water partition coefficient (Wildman–Crippen LogP) is 4.06. The van der Waals surface area contributed by atoms with E-state index in [-0.39, 0.29) is 34.2 Å². The summed E-state index contributed by atoms with van der Waals surface area (Å²) < 4.78 is 16.4. The number of fused-ring (bicyclic) bond motifs is 1. The molecule has 2 heterocycles. The molecule has 0 spiro atoms. The number of dihydropyridines is 1. The van der Waals surface area contributed by atoms with Crippen molar-refractivity contribution >= 4 is 28.7 Å². The van der Waals surface area contributed by atoms with E-state index in [1.54, 1.807) is 32.9 Å². The number of hydrogen-bond acceptors (Lipinski definition) is 8. The second-order valence-corrected chi connectivity index (χ2v) is 9.68. The standard InChI is InChI=1S/C28H31NO7/c1-7-15(4)36-28(33)22-16(5)29-19-11-14(3)21(27(32)34-6)26(31)24(19)23(22)18-12-35-20-9-8-13(2)10-17(20)25(18)30/h8-10,12,14-15,21,23,29H,7,11H2,1-6H3/t14-,15+,21-,23-/m1/s1. The number of esters is 2. The molecule has 2 aliphatic rings. The van der Waals surface area contributed by atoms with Crippen molar-refractivity contribution in [3.63, 3.8) is 0 Å². The first-order valence-corrected chi connectivity index (χ1v) is 12.1. The fraction of sp³-hybridized carbons (Fsp3) is 0.429. The molecule has 190 valence electrons. The van der Waals surface area contributed by atoms with Gasteiger partial charge < -0.3 is 19.2 Å². The fourth-order valence-corrected chi connectivity index (χ4v) is 5.05. The van der Waals surface area contributed by atoms with Crippen LogP contribution in [-0.2, 0) is 23.9 Å². The minimum absolute atomic E-state index is 0.143. The molecular weight excluding hydrogens is 462 g/mol. The zero-order valence-electron chi connectivity index (χ0n) is 21.4. The first kappa shape index (κ1) is 25.4. The summed E-state index contributed by atoms with van der Waals surface area (Å²) in [7, 11) is 1.24. The lowest BCUT2D eigenvalue weighted by Crippen LogP contribution is -2.44. The summed E-state index contributed by atoms with van der Waals surface area (Å²) in [6, 6.07) is 5.27. The molecule has 1 aliphatic heterocycles. The molecule has 1 N–H and O–H groups in total. The van der Waals surface area contributed by atoms with Crippen molar-refractivity contribution < 1.29 is 28.3 Å². The van der Waals surface area contributed by atoms with Gasteiger partial charge in [-0.25, -0.2) is 4.79 Å². The minimum Gasteiger partial charge on any atom is -0.468 e. The van der Waals surface area contributed by atoms with Crippen LogP contribution in [0.3, 0.4) is 0 Å². The minimum atomic E-state index is -1.05. The lowest BCUT2D eigenvalue weighted by atomic mass is 9.69. The Bertz CT molecular complexity index is 1380. The van der Waals surface area contributed by atoms with Crippen molar-refractivity contribution in [2.45, 2.75) is 59.5 Å². The zero-order valence-corrected chi connectivity index (χ0v) is 21.4. The van der Waals surface area contributed by atoms with Crippen LogP contribution in [0.2, 0.25) is 0 Å². The van der Waals surface area contributed by atoms with E-state index in [0.717, 1.165) is 5.56 Å². The number of carbonyl (C=O) groups excluding carboxylic acids is 3. The van der Waals surface area contributed by atoms with E-state index in [1.165, 1.54) is 13.4 Å². The summed E-state index contributed by atoms with van der Waals surface area (Å²) in [5.41, 5.74) is 2.49. The van der Waals surface area contributed by atoms with Crippen LogP contribution in [-0.4, -0.2) is 30.9 Å². The SMILES string of the molecule is CC[C@H](C)OC(=O)C1=C(C)NC2=C(C(=O)[C@H](C(=O)OC)[C@H](C)C2)[C@@H]1c1coc2ccc(C)cc2c1=O. The number of aryl methyl sites for hydroxylation is 1. The third-order valence-electron chi connectivity index (χ3n) is 7.11. The maximum atomic E-state index is 13.8. The van der Waals surface area contributed by atoms with E-state index in [4.69, 9.17) is 13.9 Å². The molecule has 0 fully saturated rings. The van der Waals surface area contributed by atoms with Crippen molar-refractivity contribution in [3.05, 3.63) is 68.4 Å². The first-order chi connectivity index (χ1) is 17.1. The number of rotatable bonds is 5. The molecule has 36 heavy (non-hydrogen) atoms. The lowest BCUT2D eigenvalue weighted by Gasteiger charge is -2.38. The lowest BCUT2D eigenvalue weighted by molar-refractivity contribution is -0.151. The molecule has 8 nitrogen and oxygen atoms in total. The Labute approximate surface area is 209 Å². The second-order valence-electron chi connectivity index (χ2n) is 9.68. The third kappa shape index (κ3) is 4.25. The van der Waals surface area contributed by atoms with Gasteiger partial charge in [-0.1, -0.05) is 25.5 Å². The Hall–Kier alpha value is -3.68. The smallest absolute Gasteiger partial charge is 0.337 e. The van der Waals surface area contributed by atoms with Gasteiger partial charge in [0.25, 0.3) is 0 Å². The van der Waals surface area contributed by atoms with E-state index >= 15 is 0 Å². The van der Waals surface area contributed by atoms with Gasteiger partial charge in [-0.15, -0.1) is 0 Å². The second kappa shape index (κ2) is 9.76. The molecule has 1 aromatic carbocycles. The van der Waals surface area contributed by atoms with Gasteiger partial charge in [0, 0.05) is 22.5 Å². The maximum absolute atomic E-state index is 13.8. The van der Waals surface area contributed by atoms with Crippen LogP contribution in [0, 0.1) is 18.8 Å². The zero-order chi connectivity index (χ0) is 26.3. The summed E-state index contributed by atoms with van der Waals surface area (Å²) in [6.07, 6.45) is 1.92. The molecule has 0 unspecified atom stereocenters. The monoisotopic (exact) mass is 493 g/mol. The van der Waals surface area contributed by atoms with Gasteiger partial charge in [-0.3, -0.25) is 14.4 Å². The number of allylic oxidation sites excluding steroid dienone is 3. The van der Waals surface area contributed by atoms with E-state index in [0.29, 0.717) is 35.2 Å². The summed E-state index contributed by atoms with van der Waals surface area (Å²) >= 11 is 0. The summed E-state index contributed by atoms with van der Waals surface area (Å²) in [6.45, 7) is 9.06. The molecule has 0 bridgehead atoms. The average molecular weight is 494 g/mol. The Morgan fingerprint density at radius 2 is 1.94 bits per heavy atom. The number of Topliss-reactive ketones (excluding diaryl/α,β-unsaturated/α-hetero) is 1. The Balaban J connectivity index is 1.97. The summed E-state index contributed by atoms with van der Waals surface area (Å²) in [4.78, 5) is 53.6. The molecule has 4 rings (SSSR count). The number of hydrogen-bond donors (Lipinski definition) is 1. The number of methoxy groups -OCH3 is 1.